The van der Waals surface area contributed by atoms with Gasteiger partial charge in [-0.1, -0.05) is 36.4 Å². The van der Waals surface area contributed by atoms with Crippen molar-refractivity contribution in [1.29, 1.82) is 0 Å². The van der Waals surface area contributed by atoms with Gasteiger partial charge in [-0.2, -0.15) is 0 Å². The van der Waals surface area contributed by atoms with Crippen LogP contribution >= 0.6 is 11.3 Å². The standard InChI is InChI=1S/C21H20N2O3S/c1-14-7-3-4-8-16(14)20-22-15(13-27-20)11-12-19(24)23-18-10-6-5-9-17(18)21(25)26-2/h3-10,13H,11-12H2,1-2H3,(H,23,24). The number of para-hydroxylation sites is 1. The van der Waals surface area contributed by atoms with E-state index in [-0.39, 0.29) is 12.3 Å². The van der Waals surface area contributed by atoms with Gasteiger partial charge in [-0.05, 0) is 31.0 Å². The number of carbonyl (C=O) groups excluding carboxylic acids is 2. The van der Waals surface area contributed by atoms with E-state index in [1.165, 1.54) is 12.7 Å². The largest absolute Gasteiger partial charge is 0.465 e. The van der Waals surface area contributed by atoms with Gasteiger partial charge in [0.2, 0.25) is 5.91 Å². The second kappa shape index (κ2) is 8.60. The van der Waals surface area contributed by atoms with E-state index in [1.807, 2.05) is 23.6 Å². The van der Waals surface area contributed by atoms with Gasteiger partial charge in [0.15, 0.2) is 0 Å². The lowest BCUT2D eigenvalue weighted by molar-refractivity contribution is -0.116. The van der Waals surface area contributed by atoms with Crippen molar-refractivity contribution in [1.82, 2.24) is 4.98 Å². The van der Waals surface area contributed by atoms with E-state index in [0.29, 0.717) is 17.7 Å². The molecule has 0 saturated carbocycles. The number of carbonyl (C=O) groups is 2. The zero-order chi connectivity index (χ0) is 19.2. The van der Waals surface area contributed by atoms with Crippen LogP contribution in [0.3, 0.4) is 0 Å². The molecule has 0 atom stereocenters. The van der Waals surface area contributed by atoms with E-state index >= 15 is 0 Å². The maximum absolute atomic E-state index is 12.3. The van der Waals surface area contributed by atoms with E-state index < -0.39 is 5.97 Å². The molecule has 0 aliphatic heterocycles. The van der Waals surface area contributed by atoms with E-state index in [2.05, 4.69) is 23.3 Å². The Balaban J connectivity index is 1.62. The first-order valence-corrected chi connectivity index (χ1v) is 9.44. The summed E-state index contributed by atoms with van der Waals surface area (Å²) in [5, 5.41) is 5.72. The average Bonchev–Trinajstić information content (AvgIpc) is 3.15. The maximum atomic E-state index is 12.3. The molecule has 0 aliphatic rings. The summed E-state index contributed by atoms with van der Waals surface area (Å²) < 4.78 is 4.74. The Labute approximate surface area is 162 Å². The molecule has 0 unspecified atom stereocenters. The van der Waals surface area contributed by atoms with Gasteiger partial charge in [0.1, 0.15) is 5.01 Å². The normalized spacial score (nSPS) is 10.4. The molecule has 1 N–H and O–H groups in total. The first kappa shape index (κ1) is 18.8. The van der Waals surface area contributed by atoms with Crippen LogP contribution < -0.4 is 5.32 Å². The zero-order valence-electron chi connectivity index (χ0n) is 15.2. The summed E-state index contributed by atoms with van der Waals surface area (Å²) >= 11 is 1.58. The Morgan fingerprint density at radius 1 is 1.11 bits per heavy atom. The summed E-state index contributed by atoms with van der Waals surface area (Å²) in [6.45, 7) is 2.06. The van der Waals surface area contributed by atoms with Crippen molar-refractivity contribution >= 4 is 28.9 Å². The predicted molar refractivity (Wildman–Crippen MR) is 107 cm³/mol. The number of nitrogens with one attached hydrogen (secondary N) is 1. The topological polar surface area (TPSA) is 68.3 Å². The summed E-state index contributed by atoms with van der Waals surface area (Å²) in [6.07, 6.45) is 0.820. The van der Waals surface area contributed by atoms with E-state index in [9.17, 15) is 9.59 Å². The van der Waals surface area contributed by atoms with Gasteiger partial charge in [-0.15, -0.1) is 11.3 Å². The molecular formula is C21H20N2O3S. The molecule has 0 bridgehead atoms. The van der Waals surface area contributed by atoms with Crippen LogP contribution in [0.2, 0.25) is 0 Å². The summed E-state index contributed by atoms with van der Waals surface area (Å²) in [5.41, 5.74) is 3.97. The highest BCUT2D eigenvalue weighted by atomic mass is 32.1. The molecule has 0 spiro atoms. The molecule has 6 heteroatoms. The number of hydrogen-bond acceptors (Lipinski definition) is 5. The number of hydrogen-bond donors (Lipinski definition) is 1. The van der Waals surface area contributed by atoms with Crippen LogP contribution in [0, 0.1) is 6.92 Å². The molecule has 1 heterocycles. The Kier molecular flexibility index (Phi) is 5.98. The molecule has 3 rings (SSSR count). The molecule has 5 nitrogen and oxygen atoms in total. The highest BCUT2D eigenvalue weighted by Gasteiger charge is 2.14. The van der Waals surface area contributed by atoms with Crippen LogP contribution in [0.1, 0.15) is 28.0 Å². The molecule has 0 saturated heterocycles. The second-order valence-corrected chi connectivity index (χ2v) is 6.90. The SMILES string of the molecule is COC(=O)c1ccccc1NC(=O)CCc1csc(-c2ccccc2C)n1. The number of amides is 1. The number of benzene rings is 2. The van der Waals surface area contributed by atoms with Crippen LogP contribution in [0.4, 0.5) is 5.69 Å². The smallest absolute Gasteiger partial charge is 0.339 e. The van der Waals surface area contributed by atoms with Crippen molar-refractivity contribution in [3.8, 4) is 10.6 Å². The van der Waals surface area contributed by atoms with Crippen LogP contribution in [-0.4, -0.2) is 24.0 Å². The van der Waals surface area contributed by atoms with Crippen LogP contribution in [0.15, 0.2) is 53.9 Å². The van der Waals surface area contributed by atoms with Gasteiger partial charge in [-0.25, -0.2) is 9.78 Å². The third-order valence-corrected chi connectivity index (χ3v) is 5.07. The van der Waals surface area contributed by atoms with E-state index in [4.69, 9.17) is 4.74 Å². The Morgan fingerprint density at radius 3 is 2.63 bits per heavy atom. The predicted octanol–water partition coefficient (Wildman–Crippen LogP) is 4.48. The molecular weight excluding hydrogens is 360 g/mol. The molecule has 138 valence electrons. The van der Waals surface area contributed by atoms with Crippen molar-refractivity contribution < 1.29 is 14.3 Å². The maximum Gasteiger partial charge on any atom is 0.339 e. The quantitative estimate of drug-likeness (QED) is 0.641. The monoisotopic (exact) mass is 380 g/mol. The lowest BCUT2D eigenvalue weighted by Crippen LogP contribution is -2.15. The van der Waals surface area contributed by atoms with Crippen molar-refractivity contribution in [2.75, 3.05) is 12.4 Å². The lowest BCUT2D eigenvalue weighted by atomic mass is 10.1. The van der Waals surface area contributed by atoms with Crippen LogP contribution in [0.5, 0.6) is 0 Å². The summed E-state index contributed by atoms with van der Waals surface area (Å²) in [6, 6.07) is 14.9. The van der Waals surface area contributed by atoms with Gasteiger partial charge in [0, 0.05) is 17.4 Å². The molecule has 1 aromatic heterocycles. The number of anilines is 1. The second-order valence-electron chi connectivity index (χ2n) is 6.04. The summed E-state index contributed by atoms with van der Waals surface area (Å²) in [4.78, 5) is 28.7. The highest BCUT2D eigenvalue weighted by molar-refractivity contribution is 7.13. The molecule has 0 fully saturated rings. The minimum atomic E-state index is -0.478. The number of nitrogens with zero attached hydrogens (tertiary/aromatic N) is 1. The highest BCUT2D eigenvalue weighted by Crippen LogP contribution is 2.27. The van der Waals surface area contributed by atoms with Gasteiger partial charge in [-0.3, -0.25) is 4.79 Å². The number of esters is 1. The first-order valence-electron chi connectivity index (χ1n) is 8.56. The van der Waals surface area contributed by atoms with Crippen LogP contribution in [0.25, 0.3) is 10.6 Å². The van der Waals surface area contributed by atoms with Gasteiger partial charge in [0.25, 0.3) is 0 Å². The fourth-order valence-electron chi connectivity index (χ4n) is 2.69. The van der Waals surface area contributed by atoms with Crippen molar-refractivity contribution in [2.45, 2.75) is 19.8 Å². The number of ether oxygens (including phenoxy) is 1. The molecule has 0 aliphatic carbocycles. The summed E-state index contributed by atoms with van der Waals surface area (Å²) in [5.74, 6) is -0.648. The molecule has 0 radical (unpaired) electrons. The Bertz CT molecular complexity index is 965. The van der Waals surface area contributed by atoms with E-state index in [1.54, 1.807) is 35.6 Å². The van der Waals surface area contributed by atoms with Gasteiger partial charge >= 0.3 is 5.97 Å². The number of thiazole rings is 1. The van der Waals surface area contributed by atoms with Gasteiger partial charge in [0.05, 0.1) is 24.1 Å². The number of methoxy groups -OCH3 is 1. The third-order valence-electron chi connectivity index (χ3n) is 4.14. The first-order chi connectivity index (χ1) is 13.1. The van der Waals surface area contributed by atoms with Crippen LogP contribution in [-0.2, 0) is 16.0 Å². The summed E-state index contributed by atoms with van der Waals surface area (Å²) in [7, 11) is 1.31. The number of rotatable bonds is 6. The average molecular weight is 380 g/mol. The van der Waals surface area contributed by atoms with Crippen molar-refractivity contribution in [2.24, 2.45) is 0 Å². The fraction of sp³-hybridized carbons (Fsp3) is 0.190. The molecule has 1 amide bonds. The minimum Gasteiger partial charge on any atom is -0.465 e. The minimum absolute atomic E-state index is 0.170. The van der Waals surface area contributed by atoms with Crippen molar-refractivity contribution in [3.05, 3.63) is 70.7 Å². The molecule has 27 heavy (non-hydrogen) atoms. The molecule has 3 aromatic rings. The van der Waals surface area contributed by atoms with E-state index in [0.717, 1.165) is 16.3 Å². The lowest BCUT2D eigenvalue weighted by Gasteiger charge is -2.09. The van der Waals surface area contributed by atoms with Gasteiger partial charge < -0.3 is 10.1 Å². The Hall–Kier alpha value is -2.99. The Morgan fingerprint density at radius 2 is 1.85 bits per heavy atom. The van der Waals surface area contributed by atoms with Crippen molar-refractivity contribution in [3.63, 3.8) is 0 Å². The molecule has 2 aromatic carbocycles. The third kappa shape index (κ3) is 4.60. The zero-order valence-corrected chi connectivity index (χ0v) is 16.0. The number of aryl methyl sites for hydroxylation is 2. The fourth-order valence-corrected chi connectivity index (χ4v) is 3.64. The number of aromatic nitrogens is 1.